The molecule has 0 fully saturated rings. The van der Waals surface area contributed by atoms with Crippen molar-refractivity contribution in [3.05, 3.63) is 107 Å². The number of hydrogen-bond acceptors (Lipinski definition) is 5. The first-order valence-corrected chi connectivity index (χ1v) is 11.2. The zero-order valence-corrected chi connectivity index (χ0v) is 18.6. The van der Waals surface area contributed by atoms with Crippen LogP contribution in [0.3, 0.4) is 0 Å². The lowest BCUT2D eigenvalue weighted by Crippen LogP contribution is -2.35. The number of Topliss-reactive ketones (excluding diaryl/α,β-unsaturated/α-hetero) is 1. The van der Waals surface area contributed by atoms with E-state index in [0.717, 1.165) is 33.6 Å². The average molecular weight is 438 g/mol. The molecule has 1 atom stereocenters. The number of aromatic nitrogens is 2. The summed E-state index contributed by atoms with van der Waals surface area (Å²) >= 11 is 0. The van der Waals surface area contributed by atoms with Crippen LogP contribution in [0.1, 0.15) is 38.9 Å². The normalized spacial score (nSPS) is 15.5. The predicted octanol–water partition coefficient (Wildman–Crippen LogP) is 3.74. The first kappa shape index (κ1) is 21.3. The zero-order valence-electron chi connectivity index (χ0n) is 18.6. The van der Waals surface area contributed by atoms with Crippen molar-refractivity contribution in [3.8, 4) is 16.8 Å². The van der Waals surface area contributed by atoms with Crippen molar-refractivity contribution >= 4 is 5.78 Å². The van der Waals surface area contributed by atoms with Crippen molar-refractivity contribution in [2.75, 3.05) is 7.05 Å². The summed E-state index contributed by atoms with van der Waals surface area (Å²) in [6, 6.07) is 24.1. The molecule has 1 aliphatic heterocycles. The van der Waals surface area contributed by atoms with Crippen LogP contribution in [0, 0.1) is 0 Å². The van der Waals surface area contributed by atoms with Crippen LogP contribution in [0.25, 0.3) is 16.8 Å². The molecule has 0 aliphatic carbocycles. The third-order valence-electron chi connectivity index (χ3n) is 6.15. The molecule has 0 saturated carbocycles. The first-order valence-electron chi connectivity index (χ1n) is 11.2. The first-order chi connectivity index (χ1) is 16.2. The molecule has 5 rings (SSSR count). The Morgan fingerprint density at radius 2 is 1.94 bits per heavy atom. The summed E-state index contributed by atoms with van der Waals surface area (Å²) in [6.07, 6.45) is 1.73. The monoisotopic (exact) mass is 437 g/mol. The summed E-state index contributed by atoms with van der Waals surface area (Å²) in [5, 5.41) is 6.65. The Morgan fingerprint density at radius 1 is 1.09 bits per heavy atom. The number of carbonyl (C=O) groups is 1. The molecule has 0 radical (unpaired) electrons. The molecule has 0 amide bonds. The Labute approximate surface area is 193 Å². The van der Waals surface area contributed by atoms with Crippen LogP contribution in [0.2, 0.25) is 0 Å². The minimum Gasteiger partial charge on any atom is -0.326 e. The van der Waals surface area contributed by atoms with Gasteiger partial charge in [0, 0.05) is 25.3 Å². The molecule has 0 saturated heterocycles. The Balaban J connectivity index is 1.52. The molecule has 1 unspecified atom stereocenters. The smallest absolute Gasteiger partial charge is 0.202 e. The Hall–Kier alpha value is -3.58. The van der Waals surface area contributed by atoms with Gasteiger partial charge in [-0.2, -0.15) is 0 Å². The molecule has 33 heavy (non-hydrogen) atoms. The molecular formula is C27H27N5O. The molecule has 0 spiro atoms. The highest BCUT2D eigenvalue weighted by Crippen LogP contribution is 2.31. The lowest BCUT2D eigenvalue weighted by molar-refractivity contribution is 0.0922. The van der Waals surface area contributed by atoms with Crippen LogP contribution in [-0.4, -0.2) is 22.4 Å². The van der Waals surface area contributed by atoms with Gasteiger partial charge in [-0.25, -0.2) is 4.98 Å². The summed E-state index contributed by atoms with van der Waals surface area (Å²) in [5.41, 5.74) is 13.6. The van der Waals surface area contributed by atoms with Crippen molar-refractivity contribution in [2.24, 2.45) is 5.73 Å². The van der Waals surface area contributed by atoms with Crippen LogP contribution in [0.4, 0.5) is 0 Å². The fourth-order valence-electron chi connectivity index (χ4n) is 4.53. The van der Waals surface area contributed by atoms with Gasteiger partial charge < -0.3 is 11.1 Å². The maximum absolute atomic E-state index is 13.7. The minimum atomic E-state index is -0.425. The van der Waals surface area contributed by atoms with E-state index >= 15 is 0 Å². The molecule has 3 aromatic carbocycles. The van der Waals surface area contributed by atoms with Crippen molar-refractivity contribution in [1.82, 2.24) is 20.2 Å². The number of nitrogens with zero attached hydrogens (tertiary/aromatic N) is 2. The van der Waals surface area contributed by atoms with E-state index in [9.17, 15) is 4.79 Å². The van der Waals surface area contributed by atoms with E-state index in [1.165, 1.54) is 5.56 Å². The van der Waals surface area contributed by atoms with Crippen LogP contribution >= 0.6 is 0 Å². The van der Waals surface area contributed by atoms with E-state index in [-0.39, 0.29) is 5.78 Å². The number of nitrogens with two attached hydrogens (primary N) is 1. The molecule has 166 valence electrons. The second-order valence-electron chi connectivity index (χ2n) is 8.28. The second kappa shape index (κ2) is 9.11. The second-order valence-corrected chi connectivity index (χ2v) is 8.28. The van der Waals surface area contributed by atoms with Gasteiger partial charge in [0.05, 0.1) is 11.7 Å². The van der Waals surface area contributed by atoms with Gasteiger partial charge >= 0.3 is 0 Å². The number of hydrogen-bond donors (Lipinski definition) is 3. The molecule has 6 heteroatoms. The van der Waals surface area contributed by atoms with E-state index < -0.39 is 6.04 Å². The Bertz CT molecular complexity index is 1300. The van der Waals surface area contributed by atoms with Gasteiger partial charge in [0.15, 0.2) is 0 Å². The van der Waals surface area contributed by atoms with Crippen LogP contribution in [0.5, 0.6) is 0 Å². The van der Waals surface area contributed by atoms with Crippen molar-refractivity contribution < 1.29 is 4.79 Å². The van der Waals surface area contributed by atoms with Crippen LogP contribution in [0.15, 0.2) is 79.1 Å². The van der Waals surface area contributed by atoms with Gasteiger partial charge in [0.1, 0.15) is 12.0 Å². The molecule has 6 nitrogen and oxygen atoms in total. The lowest BCUT2D eigenvalue weighted by Gasteiger charge is -2.25. The van der Waals surface area contributed by atoms with E-state index in [4.69, 9.17) is 5.73 Å². The molecule has 0 bridgehead atoms. The number of rotatable bonds is 6. The van der Waals surface area contributed by atoms with Crippen molar-refractivity contribution in [2.45, 2.75) is 25.7 Å². The summed E-state index contributed by atoms with van der Waals surface area (Å²) in [5.74, 6) is 0.0229. The van der Waals surface area contributed by atoms with E-state index in [1.54, 1.807) is 6.33 Å². The number of benzene rings is 3. The van der Waals surface area contributed by atoms with Gasteiger partial charge in [-0.05, 0) is 47.0 Å². The molecule has 1 aromatic heterocycles. The van der Waals surface area contributed by atoms with E-state index in [2.05, 4.69) is 45.9 Å². The zero-order chi connectivity index (χ0) is 22.8. The summed E-state index contributed by atoms with van der Waals surface area (Å²) in [4.78, 5) is 18.2. The van der Waals surface area contributed by atoms with E-state index in [1.807, 2.05) is 54.1 Å². The topological polar surface area (TPSA) is 85.0 Å². The quantitative estimate of drug-likeness (QED) is 0.428. The number of nitrogens with one attached hydrogen (secondary N) is 2. The molecule has 1 aliphatic rings. The van der Waals surface area contributed by atoms with E-state index in [0.29, 0.717) is 25.3 Å². The third kappa shape index (κ3) is 4.00. The number of ketones is 1. The van der Waals surface area contributed by atoms with Gasteiger partial charge in [-0.3, -0.25) is 14.7 Å². The fraction of sp³-hybridized carbons (Fsp3) is 0.185. The van der Waals surface area contributed by atoms with Crippen molar-refractivity contribution in [1.29, 1.82) is 0 Å². The van der Waals surface area contributed by atoms with Crippen LogP contribution in [-0.2, 0) is 19.6 Å². The summed E-state index contributed by atoms with van der Waals surface area (Å²) in [6.45, 7) is 1.70. The largest absolute Gasteiger partial charge is 0.326 e. The highest BCUT2D eigenvalue weighted by Gasteiger charge is 2.33. The highest BCUT2D eigenvalue weighted by atomic mass is 16.1. The fourth-order valence-corrected chi connectivity index (χ4v) is 4.53. The Kier molecular flexibility index (Phi) is 5.88. The van der Waals surface area contributed by atoms with Gasteiger partial charge in [0.2, 0.25) is 5.78 Å². The summed E-state index contributed by atoms with van der Waals surface area (Å²) in [7, 11) is 1.94. The maximum atomic E-state index is 13.7. The van der Waals surface area contributed by atoms with Gasteiger partial charge in [0.25, 0.3) is 0 Å². The van der Waals surface area contributed by atoms with Gasteiger partial charge in [-0.1, -0.05) is 60.7 Å². The predicted molar refractivity (Wildman–Crippen MR) is 130 cm³/mol. The number of imidazole rings is 1. The van der Waals surface area contributed by atoms with Crippen LogP contribution < -0.4 is 16.4 Å². The molecule has 2 heterocycles. The summed E-state index contributed by atoms with van der Waals surface area (Å²) < 4.78 is 1.89. The lowest BCUT2D eigenvalue weighted by atomic mass is 9.91. The molecule has 4 aromatic rings. The standard InChI is InChI=1S/C27H27N5O/c1-29-15-21-13-20(10-11-23(21)19-7-3-2-4-8-19)25-27(33)26-24(16-30-25)31-17-32(26)22-9-5-6-18(12-22)14-28/h2-13,17,25,29-30H,14-16,28H2,1H3. The van der Waals surface area contributed by atoms with Gasteiger partial charge in [-0.15, -0.1) is 0 Å². The molecular weight excluding hydrogens is 410 g/mol. The molecule has 4 N–H and O–H groups in total. The SMILES string of the molecule is CNCc1cc(C2NCc3ncn(-c4cccc(CN)c4)c3C2=O)ccc1-c1ccccc1. The number of fused-ring (bicyclic) bond motifs is 1. The Morgan fingerprint density at radius 3 is 2.73 bits per heavy atom. The maximum Gasteiger partial charge on any atom is 0.202 e. The average Bonchev–Trinajstić information content (AvgIpc) is 3.30. The minimum absolute atomic E-state index is 0.0229. The highest BCUT2D eigenvalue weighted by molar-refractivity contribution is 6.01. The van der Waals surface area contributed by atoms with Crippen molar-refractivity contribution in [3.63, 3.8) is 0 Å². The number of carbonyl (C=O) groups excluding carboxylic acids is 1. The third-order valence-corrected chi connectivity index (χ3v) is 6.15.